The number of aryl methyl sites for hydroxylation is 1. The highest BCUT2D eigenvalue weighted by Crippen LogP contribution is 2.29. The van der Waals surface area contributed by atoms with Crippen molar-refractivity contribution < 1.29 is 14.1 Å². The summed E-state index contributed by atoms with van der Waals surface area (Å²) in [6.45, 7) is 3.57. The summed E-state index contributed by atoms with van der Waals surface area (Å²) in [5, 5.41) is 14.7. The van der Waals surface area contributed by atoms with Gasteiger partial charge in [-0.25, -0.2) is 0 Å². The van der Waals surface area contributed by atoms with E-state index in [-0.39, 0.29) is 5.91 Å². The molecule has 0 aliphatic heterocycles. The molecule has 1 aromatic carbocycles. The van der Waals surface area contributed by atoms with Crippen LogP contribution in [0.15, 0.2) is 46.3 Å². The van der Waals surface area contributed by atoms with Crippen molar-refractivity contribution in [1.82, 2.24) is 19.9 Å². The number of anilines is 1. The van der Waals surface area contributed by atoms with Crippen molar-refractivity contribution >= 4 is 23.6 Å². The molecule has 2 heterocycles. The molecule has 0 spiro atoms. The van der Waals surface area contributed by atoms with Crippen LogP contribution in [0, 0.1) is 6.92 Å². The molecule has 1 atom stereocenters. The number of aromatic nitrogens is 4. The highest BCUT2D eigenvalue weighted by atomic mass is 32.2. The van der Waals surface area contributed by atoms with E-state index in [9.17, 15) is 4.79 Å². The quantitative estimate of drug-likeness (QED) is 0.676. The first-order valence-electron chi connectivity index (χ1n) is 7.52. The van der Waals surface area contributed by atoms with E-state index in [0.29, 0.717) is 22.5 Å². The molecule has 8 nitrogen and oxygen atoms in total. The Morgan fingerprint density at radius 1 is 1.40 bits per heavy atom. The summed E-state index contributed by atoms with van der Waals surface area (Å²) < 4.78 is 12.2. The first-order chi connectivity index (χ1) is 12.1. The number of methoxy groups -OCH3 is 1. The Balaban J connectivity index is 1.75. The number of hydrogen-bond acceptors (Lipinski definition) is 7. The largest absolute Gasteiger partial charge is 0.495 e. The average Bonchev–Trinajstić information content (AvgIpc) is 3.23. The summed E-state index contributed by atoms with van der Waals surface area (Å²) in [4.78, 5) is 12.3. The van der Waals surface area contributed by atoms with Crippen LogP contribution in [-0.4, -0.2) is 38.2 Å². The number of thioether (sulfide) groups is 1. The summed E-state index contributed by atoms with van der Waals surface area (Å²) in [7, 11) is 1.60. The van der Waals surface area contributed by atoms with Crippen LogP contribution in [0.4, 0.5) is 5.88 Å². The summed E-state index contributed by atoms with van der Waals surface area (Å²) in [6.07, 6.45) is 1.59. The van der Waals surface area contributed by atoms with Gasteiger partial charge in [0.15, 0.2) is 5.16 Å². The van der Waals surface area contributed by atoms with Gasteiger partial charge in [-0.15, -0.1) is 10.2 Å². The van der Waals surface area contributed by atoms with Gasteiger partial charge in [-0.05, 0) is 26.0 Å². The molecule has 3 rings (SSSR count). The molecular formula is C16H17N5O3S. The normalized spacial score (nSPS) is 12.0. The van der Waals surface area contributed by atoms with Crippen molar-refractivity contribution in [2.75, 3.05) is 12.4 Å². The maximum atomic E-state index is 12.3. The molecule has 0 bridgehead atoms. The van der Waals surface area contributed by atoms with Crippen LogP contribution >= 0.6 is 11.8 Å². The Hall–Kier alpha value is -2.81. The van der Waals surface area contributed by atoms with Gasteiger partial charge >= 0.3 is 0 Å². The van der Waals surface area contributed by atoms with E-state index in [1.54, 1.807) is 37.9 Å². The molecule has 25 heavy (non-hydrogen) atoms. The van der Waals surface area contributed by atoms with Crippen molar-refractivity contribution in [3.63, 3.8) is 0 Å². The van der Waals surface area contributed by atoms with Gasteiger partial charge < -0.3 is 9.26 Å². The van der Waals surface area contributed by atoms with Gasteiger partial charge in [0.1, 0.15) is 12.1 Å². The standard InChI is InChI=1S/C16H17N5O3S/c1-10-8-14(24-20-10)18-15(22)11(2)25-16-19-17-9-21(16)12-6-4-5-7-13(12)23-3/h4-9,11H,1-3H3,(H,18,22). The Bertz CT molecular complexity index is 876. The zero-order valence-electron chi connectivity index (χ0n) is 14.0. The number of nitrogens with zero attached hydrogens (tertiary/aromatic N) is 4. The molecule has 0 radical (unpaired) electrons. The highest BCUT2D eigenvalue weighted by Gasteiger charge is 2.20. The number of rotatable bonds is 6. The summed E-state index contributed by atoms with van der Waals surface area (Å²) in [5.41, 5.74) is 1.50. The third-order valence-electron chi connectivity index (χ3n) is 3.39. The molecule has 0 aliphatic rings. The van der Waals surface area contributed by atoms with Crippen LogP contribution in [0.5, 0.6) is 5.75 Å². The Labute approximate surface area is 148 Å². The van der Waals surface area contributed by atoms with Gasteiger partial charge in [0.2, 0.25) is 11.8 Å². The zero-order valence-corrected chi connectivity index (χ0v) is 14.8. The number of benzene rings is 1. The lowest BCUT2D eigenvalue weighted by atomic mass is 10.3. The minimum Gasteiger partial charge on any atom is -0.495 e. The lowest BCUT2D eigenvalue weighted by Crippen LogP contribution is -2.22. The number of ether oxygens (including phenoxy) is 1. The van der Waals surface area contributed by atoms with Crippen LogP contribution in [0.25, 0.3) is 5.69 Å². The molecular weight excluding hydrogens is 342 g/mol. The van der Waals surface area contributed by atoms with E-state index < -0.39 is 5.25 Å². The fourth-order valence-corrected chi connectivity index (χ4v) is 2.99. The molecule has 2 aromatic heterocycles. The molecule has 0 saturated carbocycles. The molecule has 3 aromatic rings. The van der Waals surface area contributed by atoms with E-state index in [1.807, 2.05) is 24.3 Å². The predicted molar refractivity (Wildman–Crippen MR) is 93.1 cm³/mol. The maximum Gasteiger partial charge on any atom is 0.240 e. The topological polar surface area (TPSA) is 95.1 Å². The molecule has 0 fully saturated rings. The summed E-state index contributed by atoms with van der Waals surface area (Å²) in [6, 6.07) is 9.19. The van der Waals surface area contributed by atoms with E-state index >= 15 is 0 Å². The maximum absolute atomic E-state index is 12.3. The second kappa shape index (κ2) is 7.39. The second-order valence-corrected chi connectivity index (χ2v) is 6.55. The molecule has 9 heteroatoms. The lowest BCUT2D eigenvalue weighted by Gasteiger charge is -2.13. The Kier molecular flexibility index (Phi) is 5.03. The minimum atomic E-state index is -0.414. The van der Waals surface area contributed by atoms with Crippen molar-refractivity contribution in [2.45, 2.75) is 24.3 Å². The van der Waals surface area contributed by atoms with E-state index in [0.717, 1.165) is 5.69 Å². The van der Waals surface area contributed by atoms with Gasteiger partial charge in [0.25, 0.3) is 0 Å². The summed E-state index contributed by atoms with van der Waals surface area (Å²) >= 11 is 1.28. The number of hydrogen-bond donors (Lipinski definition) is 1. The number of nitrogens with one attached hydrogen (secondary N) is 1. The molecule has 0 saturated heterocycles. The van der Waals surface area contributed by atoms with Crippen LogP contribution < -0.4 is 10.1 Å². The van der Waals surface area contributed by atoms with Crippen LogP contribution in [0.3, 0.4) is 0 Å². The highest BCUT2D eigenvalue weighted by molar-refractivity contribution is 8.00. The number of para-hydroxylation sites is 2. The fourth-order valence-electron chi connectivity index (χ4n) is 2.16. The minimum absolute atomic E-state index is 0.212. The van der Waals surface area contributed by atoms with Crippen molar-refractivity contribution in [1.29, 1.82) is 0 Å². The smallest absolute Gasteiger partial charge is 0.240 e. The van der Waals surface area contributed by atoms with Crippen molar-refractivity contribution in [3.05, 3.63) is 42.4 Å². The molecule has 1 N–H and O–H groups in total. The van der Waals surface area contributed by atoms with Gasteiger partial charge in [-0.1, -0.05) is 29.1 Å². The van der Waals surface area contributed by atoms with E-state index in [1.165, 1.54) is 11.8 Å². The predicted octanol–water partition coefficient (Wildman–Crippen LogP) is 2.69. The molecule has 1 amide bonds. The molecule has 1 unspecified atom stereocenters. The third-order valence-corrected chi connectivity index (χ3v) is 4.44. The van der Waals surface area contributed by atoms with E-state index in [2.05, 4.69) is 20.7 Å². The Morgan fingerprint density at radius 2 is 2.20 bits per heavy atom. The first-order valence-corrected chi connectivity index (χ1v) is 8.40. The van der Waals surface area contributed by atoms with Crippen LogP contribution in [0.1, 0.15) is 12.6 Å². The van der Waals surface area contributed by atoms with Gasteiger partial charge in [0.05, 0.1) is 23.7 Å². The average molecular weight is 359 g/mol. The zero-order chi connectivity index (χ0) is 17.8. The number of amides is 1. The van der Waals surface area contributed by atoms with Gasteiger partial charge in [0, 0.05) is 6.07 Å². The Morgan fingerprint density at radius 3 is 2.92 bits per heavy atom. The first kappa shape index (κ1) is 17.0. The van der Waals surface area contributed by atoms with Crippen LogP contribution in [-0.2, 0) is 4.79 Å². The van der Waals surface area contributed by atoms with Crippen LogP contribution in [0.2, 0.25) is 0 Å². The molecule has 0 aliphatic carbocycles. The number of carbonyl (C=O) groups is 1. The van der Waals surface area contributed by atoms with Crippen molar-refractivity contribution in [2.24, 2.45) is 0 Å². The monoisotopic (exact) mass is 359 g/mol. The van der Waals surface area contributed by atoms with Gasteiger partial charge in [-0.2, -0.15) is 0 Å². The third kappa shape index (κ3) is 3.82. The van der Waals surface area contributed by atoms with Crippen molar-refractivity contribution in [3.8, 4) is 11.4 Å². The SMILES string of the molecule is COc1ccccc1-n1cnnc1SC(C)C(=O)Nc1cc(C)no1. The van der Waals surface area contributed by atoms with E-state index in [4.69, 9.17) is 9.26 Å². The summed E-state index contributed by atoms with van der Waals surface area (Å²) in [5.74, 6) is 0.801. The molecule has 130 valence electrons. The lowest BCUT2D eigenvalue weighted by molar-refractivity contribution is -0.115. The van der Waals surface area contributed by atoms with Gasteiger partial charge in [-0.3, -0.25) is 14.7 Å². The second-order valence-electron chi connectivity index (χ2n) is 5.24. The number of carbonyl (C=O) groups excluding carboxylic acids is 1. The fraction of sp³-hybridized carbons (Fsp3) is 0.250.